The highest BCUT2D eigenvalue weighted by molar-refractivity contribution is 4.68. The van der Waals surface area contributed by atoms with Crippen molar-refractivity contribution in [1.29, 1.82) is 0 Å². The Balaban J connectivity index is 4.24. The van der Waals surface area contributed by atoms with Crippen molar-refractivity contribution in [3.05, 3.63) is 12.7 Å². The van der Waals surface area contributed by atoms with E-state index in [9.17, 15) is 0 Å². The standard InChI is InChI=1S/C12H24O3/c1-5-9-10-11-12(13-6-2,14-7-3)15-8-4/h5H,1,6-11H2,2-4H3. The molecule has 3 heteroatoms. The Morgan fingerprint density at radius 1 is 1.00 bits per heavy atom. The van der Waals surface area contributed by atoms with Gasteiger partial charge in [-0.2, -0.15) is 0 Å². The lowest BCUT2D eigenvalue weighted by Crippen LogP contribution is -2.39. The van der Waals surface area contributed by atoms with E-state index in [1.165, 1.54) is 0 Å². The zero-order valence-corrected chi connectivity index (χ0v) is 10.3. The van der Waals surface area contributed by atoms with Crippen molar-refractivity contribution in [1.82, 2.24) is 0 Å². The van der Waals surface area contributed by atoms with E-state index in [0.29, 0.717) is 19.8 Å². The van der Waals surface area contributed by atoms with Gasteiger partial charge in [-0.15, -0.1) is 6.58 Å². The minimum Gasteiger partial charge on any atom is -0.328 e. The van der Waals surface area contributed by atoms with Gasteiger partial charge in [-0.05, 0) is 33.6 Å². The molecule has 15 heavy (non-hydrogen) atoms. The van der Waals surface area contributed by atoms with Gasteiger partial charge >= 0.3 is 0 Å². The molecule has 0 atom stereocenters. The van der Waals surface area contributed by atoms with Gasteiger partial charge in [-0.3, -0.25) is 0 Å². The van der Waals surface area contributed by atoms with E-state index in [4.69, 9.17) is 14.2 Å². The summed E-state index contributed by atoms with van der Waals surface area (Å²) in [6.07, 6.45) is 4.56. The molecule has 0 aromatic carbocycles. The number of rotatable bonds is 10. The summed E-state index contributed by atoms with van der Waals surface area (Å²) in [5.74, 6) is -0.846. The van der Waals surface area contributed by atoms with Crippen LogP contribution in [0.1, 0.15) is 40.0 Å². The highest BCUT2D eigenvalue weighted by atomic mass is 16.9. The van der Waals surface area contributed by atoms with Gasteiger partial charge in [0.1, 0.15) is 0 Å². The Hall–Kier alpha value is -0.380. The molecule has 0 rings (SSSR count). The zero-order valence-electron chi connectivity index (χ0n) is 10.3. The second-order valence-electron chi connectivity index (χ2n) is 3.16. The summed E-state index contributed by atoms with van der Waals surface area (Å²) in [6, 6.07) is 0. The molecule has 0 N–H and O–H groups in total. The SMILES string of the molecule is C=CCCCC(OCC)(OCC)OCC. The molecule has 3 nitrogen and oxygen atoms in total. The summed E-state index contributed by atoms with van der Waals surface area (Å²) in [4.78, 5) is 0. The topological polar surface area (TPSA) is 27.7 Å². The Morgan fingerprint density at radius 3 is 1.80 bits per heavy atom. The smallest absolute Gasteiger partial charge is 0.282 e. The summed E-state index contributed by atoms with van der Waals surface area (Å²) in [6.45, 7) is 11.3. The van der Waals surface area contributed by atoms with Gasteiger partial charge in [-0.1, -0.05) is 6.08 Å². The van der Waals surface area contributed by atoms with E-state index >= 15 is 0 Å². The Morgan fingerprint density at radius 2 is 1.47 bits per heavy atom. The van der Waals surface area contributed by atoms with Crippen LogP contribution in [0.5, 0.6) is 0 Å². The minimum atomic E-state index is -0.846. The number of unbranched alkanes of at least 4 members (excludes halogenated alkanes) is 1. The molecule has 0 radical (unpaired) electrons. The lowest BCUT2D eigenvalue weighted by molar-refractivity contribution is -0.379. The monoisotopic (exact) mass is 216 g/mol. The molecule has 0 aromatic rings. The van der Waals surface area contributed by atoms with Crippen molar-refractivity contribution in [3.8, 4) is 0 Å². The summed E-state index contributed by atoms with van der Waals surface area (Å²) in [5.41, 5.74) is 0. The average molecular weight is 216 g/mol. The van der Waals surface area contributed by atoms with Crippen molar-refractivity contribution < 1.29 is 14.2 Å². The van der Waals surface area contributed by atoms with E-state index < -0.39 is 5.97 Å². The molecule has 0 heterocycles. The molecule has 0 unspecified atom stereocenters. The van der Waals surface area contributed by atoms with Crippen LogP contribution in [-0.2, 0) is 14.2 Å². The molecular formula is C12H24O3. The fourth-order valence-corrected chi connectivity index (χ4v) is 1.46. The number of ether oxygens (including phenoxy) is 3. The van der Waals surface area contributed by atoms with Crippen LogP contribution in [0.4, 0.5) is 0 Å². The van der Waals surface area contributed by atoms with Crippen molar-refractivity contribution in [2.75, 3.05) is 19.8 Å². The zero-order chi connectivity index (χ0) is 11.6. The van der Waals surface area contributed by atoms with Crippen LogP contribution >= 0.6 is 0 Å². The number of hydrogen-bond donors (Lipinski definition) is 0. The molecule has 0 aromatic heterocycles. The van der Waals surface area contributed by atoms with E-state index in [1.54, 1.807) is 0 Å². The van der Waals surface area contributed by atoms with Crippen LogP contribution in [0.3, 0.4) is 0 Å². The van der Waals surface area contributed by atoms with Gasteiger partial charge in [0.25, 0.3) is 5.97 Å². The van der Waals surface area contributed by atoms with Gasteiger partial charge in [0, 0.05) is 26.2 Å². The molecule has 90 valence electrons. The first-order valence-electron chi connectivity index (χ1n) is 5.77. The van der Waals surface area contributed by atoms with Crippen LogP contribution in [0.15, 0.2) is 12.7 Å². The van der Waals surface area contributed by atoms with Crippen molar-refractivity contribution in [2.45, 2.75) is 46.0 Å². The molecule has 0 spiro atoms. The summed E-state index contributed by atoms with van der Waals surface area (Å²) in [5, 5.41) is 0. The lowest BCUT2D eigenvalue weighted by Gasteiger charge is -2.32. The van der Waals surface area contributed by atoms with Gasteiger partial charge in [0.15, 0.2) is 0 Å². The molecule has 0 bridgehead atoms. The third-order valence-electron chi connectivity index (χ3n) is 1.98. The maximum atomic E-state index is 5.58. The largest absolute Gasteiger partial charge is 0.328 e. The molecule has 0 aliphatic heterocycles. The third kappa shape index (κ3) is 5.92. The fraction of sp³-hybridized carbons (Fsp3) is 0.833. The summed E-state index contributed by atoms with van der Waals surface area (Å²) in [7, 11) is 0. The third-order valence-corrected chi connectivity index (χ3v) is 1.98. The normalized spacial score (nSPS) is 11.7. The average Bonchev–Trinajstić information content (AvgIpc) is 2.19. The van der Waals surface area contributed by atoms with Crippen LogP contribution in [0, 0.1) is 0 Å². The van der Waals surface area contributed by atoms with Crippen LogP contribution in [0.25, 0.3) is 0 Å². The lowest BCUT2D eigenvalue weighted by atomic mass is 10.2. The second-order valence-corrected chi connectivity index (χ2v) is 3.16. The first kappa shape index (κ1) is 14.6. The van der Waals surface area contributed by atoms with E-state index in [1.807, 2.05) is 26.8 Å². The first-order chi connectivity index (χ1) is 7.24. The molecule has 0 amide bonds. The predicted octanol–water partition coefficient (Wildman–Crippen LogP) is 3.11. The second kappa shape index (κ2) is 8.89. The Labute approximate surface area is 93.4 Å². The van der Waals surface area contributed by atoms with Crippen LogP contribution in [0.2, 0.25) is 0 Å². The van der Waals surface area contributed by atoms with Crippen molar-refractivity contribution in [3.63, 3.8) is 0 Å². The number of hydrogen-bond acceptors (Lipinski definition) is 3. The molecule has 0 saturated carbocycles. The van der Waals surface area contributed by atoms with Gasteiger partial charge in [0.05, 0.1) is 0 Å². The highest BCUT2D eigenvalue weighted by Gasteiger charge is 2.31. The molecule has 0 aliphatic rings. The molecule has 0 fully saturated rings. The van der Waals surface area contributed by atoms with E-state index in [0.717, 1.165) is 19.3 Å². The predicted molar refractivity (Wildman–Crippen MR) is 61.7 cm³/mol. The van der Waals surface area contributed by atoms with E-state index in [2.05, 4.69) is 6.58 Å². The van der Waals surface area contributed by atoms with Crippen LogP contribution in [-0.4, -0.2) is 25.8 Å². The maximum Gasteiger partial charge on any atom is 0.282 e. The maximum absolute atomic E-state index is 5.58. The quantitative estimate of drug-likeness (QED) is 0.319. The Bertz CT molecular complexity index is 140. The molecule has 0 aliphatic carbocycles. The fourth-order valence-electron chi connectivity index (χ4n) is 1.46. The molecular weight excluding hydrogens is 192 g/mol. The first-order valence-corrected chi connectivity index (χ1v) is 5.77. The summed E-state index contributed by atoms with van der Waals surface area (Å²) < 4.78 is 16.7. The highest BCUT2D eigenvalue weighted by Crippen LogP contribution is 2.23. The van der Waals surface area contributed by atoms with Crippen LogP contribution < -0.4 is 0 Å². The van der Waals surface area contributed by atoms with Crippen molar-refractivity contribution in [2.24, 2.45) is 0 Å². The minimum absolute atomic E-state index is 0.591. The molecule has 0 saturated heterocycles. The van der Waals surface area contributed by atoms with Gasteiger partial charge < -0.3 is 14.2 Å². The Kier molecular flexibility index (Phi) is 8.67. The van der Waals surface area contributed by atoms with E-state index in [-0.39, 0.29) is 0 Å². The van der Waals surface area contributed by atoms with Gasteiger partial charge in [0.2, 0.25) is 0 Å². The van der Waals surface area contributed by atoms with Crippen molar-refractivity contribution >= 4 is 0 Å². The van der Waals surface area contributed by atoms with Gasteiger partial charge in [-0.25, -0.2) is 0 Å². The summed E-state index contributed by atoms with van der Waals surface area (Å²) >= 11 is 0. The number of allylic oxidation sites excluding steroid dienone is 1.